The number of benzene rings is 1. The molecule has 2 heterocycles. The van der Waals surface area contributed by atoms with Gasteiger partial charge in [0.15, 0.2) is 0 Å². The van der Waals surface area contributed by atoms with Crippen LogP contribution in [0.5, 0.6) is 0 Å². The van der Waals surface area contributed by atoms with E-state index in [-0.39, 0.29) is 12.2 Å². The molecule has 10 heteroatoms. The van der Waals surface area contributed by atoms with E-state index in [4.69, 9.17) is 11.6 Å². The van der Waals surface area contributed by atoms with E-state index in [0.29, 0.717) is 11.4 Å². The van der Waals surface area contributed by atoms with E-state index in [1.54, 1.807) is 18.3 Å². The molecule has 1 fully saturated rings. The Labute approximate surface area is 176 Å². The minimum atomic E-state index is -4.64. The van der Waals surface area contributed by atoms with Crippen molar-refractivity contribution in [3.63, 3.8) is 0 Å². The summed E-state index contributed by atoms with van der Waals surface area (Å²) in [5.74, 6) is -0.458. The summed E-state index contributed by atoms with van der Waals surface area (Å²) in [6, 6.07) is 6.38. The van der Waals surface area contributed by atoms with E-state index in [1.807, 2.05) is 4.90 Å². The van der Waals surface area contributed by atoms with Gasteiger partial charge < -0.3 is 15.1 Å². The van der Waals surface area contributed by atoms with Crippen LogP contribution in [0.3, 0.4) is 0 Å². The Morgan fingerprint density at radius 3 is 2.60 bits per heavy atom. The number of alkyl halides is 3. The van der Waals surface area contributed by atoms with Crippen LogP contribution >= 0.6 is 11.6 Å². The summed E-state index contributed by atoms with van der Waals surface area (Å²) in [6.07, 6.45) is -1.00. The predicted molar refractivity (Wildman–Crippen MR) is 108 cm³/mol. The lowest BCUT2D eigenvalue weighted by atomic mass is 10.2. The Morgan fingerprint density at radius 1 is 1.23 bits per heavy atom. The van der Waals surface area contributed by atoms with Gasteiger partial charge in [-0.15, -0.1) is 0 Å². The third-order valence-corrected chi connectivity index (χ3v) is 5.04. The fourth-order valence-electron chi connectivity index (χ4n) is 3.26. The van der Waals surface area contributed by atoms with Crippen molar-refractivity contribution >= 4 is 34.9 Å². The van der Waals surface area contributed by atoms with Crippen molar-refractivity contribution in [3.8, 4) is 0 Å². The van der Waals surface area contributed by atoms with Crippen LogP contribution in [0.15, 0.2) is 36.5 Å². The topological polar surface area (TPSA) is 65.5 Å². The highest BCUT2D eigenvalue weighted by Crippen LogP contribution is 2.36. The molecule has 1 saturated heterocycles. The number of hydrogen-bond acceptors (Lipinski definition) is 4. The van der Waals surface area contributed by atoms with Gasteiger partial charge >= 0.3 is 6.18 Å². The first-order valence-corrected chi connectivity index (χ1v) is 9.66. The zero-order chi connectivity index (χ0) is 21.9. The van der Waals surface area contributed by atoms with Crippen LogP contribution in [0.25, 0.3) is 0 Å². The average molecular weight is 441 g/mol. The first kappa shape index (κ1) is 21.9. The predicted octanol–water partition coefficient (Wildman–Crippen LogP) is 4.06. The lowest BCUT2D eigenvalue weighted by Crippen LogP contribution is -2.36. The molecule has 0 unspecified atom stereocenters. The van der Waals surface area contributed by atoms with E-state index in [2.05, 4.69) is 10.3 Å². The molecule has 30 heavy (non-hydrogen) atoms. The molecule has 1 aromatic carbocycles. The lowest BCUT2D eigenvalue weighted by molar-refractivity contribution is -0.137. The first-order valence-electron chi connectivity index (χ1n) is 9.29. The van der Waals surface area contributed by atoms with Crippen LogP contribution in [0.4, 0.5) is 24.7 Å². The molecule has 1 aliphatic rings. The number of hydrogen-bond donors (Lipinski definition) is 1. The van der Waals surface area contributed by atoms with E-state index in [0.717, 1.165) is 38.1 Å². The van der Waals surface area contributed by atoms with Gasteiger partial charge in [-0.3, -0.25) is 9.59 Å². The van der Waals surface area contributed by atoms with Crippen LogP contribution in [0, 0.1) is 0 Å². The molecule has 0 bridgehead atoms. The second kappa shape index (κ2) is 8.91. The molecule has 1 aromatic heterocycles. The number of carbonyl (C=O) groups excluding carboxylic acids is 2. The van der Waals surface area contributed by atoms with Crippen LogP contribution < -0.4 is 10.2 Å². The second-order valence-corrected chi connectivity index (χ2v) is 7.38. The van der Waals surface area contributed by atoms with Gasteiger partial charge in [0.2, 0.25) is 5.91 Å². The van der Waals surface area contributed by atoms with Gasteiger partial charge in [-0.1, -0.05) is 11.6 Å². The lowest BCUT2D eigenvalue weighted by Gasteiger charge is -2.22. The number of likely N-dealkylation sites (N-methyl/N-ethyl adjacent to an activating group) is 1. The Hall–Kier alpha value is -2.81. The number of nitrogens with one attached hydrogen (secondary N) is 1. The Morgan fingerprint density at radius 2 is 1.93 bits per heavy atom. The molecule has 6 nitrogen and oxygen atoms in total. The number of halogens is 4. The smallest absolute Gasteiger partial charge is 0.356 e. The number of rotatable bonds is 5. The maximum atomic E-state index is 13.0. The molecule has 0 atom stereocenters. The van der Waals surface area contributed by atoms with Crippen molar-refractivity contribution in [1.82, 2.24) is 9.88 Å². The third-order valence-electron chi connectivity index (χ3n) is 4.71. The summed E-state index contributed by atoms with van der Waals surface area (Å²) >= 11 is 5.58. The third kappa shape index (κ3) is 5.02. The quantitative estimate of drug-likeness (QED) is 0.761. The van der Waals surface area contributed by atoms with Crippen LogP contribution in [0.1, 0.15) is 28.8 Å². The summed E-state index contributed by atoms with van der Waals surface area (Å²) in [5.41, 5.74) is -0.728. The van der Waals surface area contributed by atoms with Crippen molar-refractivity contribution in [2.24, 2.45) is 0 Å². The minimum Gasteiger partial charge on any atom is -0.356 e. The maximum Gasteiger partial charge on any atom is 0.417 e. The van der Waals surface area contributed by atoms with Gasteiger partial charge in [0.05, 0.1) is 22.7 Å². The molecule has 0 saturated carbocycles. The SMILES string of the molecule is CN(CC(=O)Nc1ccc(Cl)c(C(F)(F)F)c1)C(=O)c1cccnc1N1CCCC1. The maximum absolute atomic E-state index is 13.0. The Bertz CT molecular complexity index is 946. The molecule has 2 amide bonds. The molecule has 3 rings (SSSR count). The molecular weight excluding hydrogens is 421 g/mol. The zero-order valence-corrected chi connectivity index (χ0v) is 16.9. The van der Waals surface area contributed by atoms with Crippen molar-refractivity contribution in [2.75, 3.05) is 36.9 Å². The number of pyridine rings is 1. The fraction of sp³-hybridized carbons (Fsp3) is 0.350. The normalized spacial score (nSPS) is 14.0. The fourth-order valence-corrected chi connectivity index (χ4v) is 3.48. The molecule has 1 N–H and O–H groups in total. The van der Waals surface area contributed by atoms with E-state index in [1.165, 1.54) is 18.0 Å². The van der Waals surface area contributed by atoms with Gasteiger partial charge in [-0.05, 0) is 43.2 Å². The number of aromatic nitrogens is 1. The highest BCUT2D eigenvalue weighted by molar-refractivity contribution is 6.31. The number of nitrogens with zero attached hydrogens (tertiary/aromatic N) is 3. The largest absolute Gasteiger partial charge is 0.417 e. The van der Waals surface area contributed by atoms with Gasteiger partial charge in [0.25, 0.3) is 5.91 Å². The average Bonchev–Trinajstić information content (AvgIpc) is 3.22. The second-order valence-electron chi connectivity index (χ2n) is 6.97. The Balaban J connectivity index is 1.69. The summed E-state index contributed by atoms with van der Waals surface area (Å²) < 4.78 is 38.9. The standard InChI is InChI=1S/C20H20ClF3N4O2/c1-27(19(30)14-5-4-8-25-18(14)28-9-2-3-10-28)12-17(29)26-13-6-7-16(21)15(11-13)20(22,23)24/h4-8,11H,2-3,9-10,12H2,1H3,(H,26,29). The monoisotopic (exact) mass is 440 g/mol. The van der Waals surface area contributed by atoms with E-state index in [9.17, 15) is 22.8 Å². The van der Waals surface area contributed by atoms with Gasteiger partial charge in [0, 0.05) is 32.0 Å². The number of anilines is 2. The molecule has 160 valence electrons. The molecular formula is C20H20ClF3N4O2. The highest BCUT2D eigenvalue weighted by Gasteiger charge is 2.33. The zero-order valence-electron chi connectivity index (χ0n) is 16.2. The molecule has 0 aliphatic carbocycles. The van der Waals surface area contributed by atoms with Crippen molar-refractivity contribution in [1.29, 1.82) is 0 Å². The minimum absolute atomic E-state index is 0.0586. The molecule has 1 aliphatic heterocycles. The first-order chi connectivity index (χ1) is 14.2. The van der Waals surface area contributed by atoms with Crippen molar-refractivity contribution in [2.45, 2.75) is 19.0 Å². The van der Waals surface area contributed by atoms with Crippen molar-refractivity contribution in [3.05, 3.63) is 52.7 Å². The van der Waals surface area contributed by atoms with Gasteiger partial charge in [0.1, 0.15) is 5.82 Å². The van der Waals surface area contributed by atoms with Crippen LogP contribution in [-0.2, 0) is 11.0 Å². The van der Waals surface area contributed by atoms with Gasteiger partial charge in [-0.2, -0.15) is 13.2 Å². The van der Waals surface area contributed by atoms with Crippen molar-refractivity contribution < 1.29 is 22.8 Å². The number of amides is 2. The molecule has 0 radical (unpaired) electrons. The van der Waals surface area contributed by atoms with Gasteiger partial charge in [-0.25, -0.2) is 4.98 Å². The summed E-state index contributed by atoms with van der Waals surface area (Å²) in [5, 5.41) is 1.91. The van der Waals surface area contributed by atoms with Crippen LogP contribution in [-0.4, -0.2) is 48.4 Å². The molecule has 0 spiro atoms. The van der Waals surface area contributed by atoms with E-state index < -0.39 is 28.6 Å². The van der Waals surface area contributed by atoms with Crippen LogP contribution in [0.2, 0.25) is 5.02 Å². The summed E-state index contributed by atoms with van der Waals surface area (Å²) in [7, 11) is 1.45. The summed E-state index contributed by atoms with van der Waals surface area (Å²) in [4.78, 5) is 32.7. The highest BCUT2D eigenvalue weighted by atomic mass is 35.5. The summed E-state index contributed by atoms with van der Waals surface area (Å²) in [6.45, 7) is 1.27. The molecule has 2 aromatic rings. The number of carbonyl (C=O) groups is 2. The van der Waals surface area contributed by atoms with E-state index >= 15 is 0 Å². The Kier molecular flexibility index (Phi) is 6.50.